The van der Waals surface area contributed by atoms with E-state index < -0.39 is 16.9 Å². The van der Waals surface area contributed by atoms with E-state index >= 15 is 0 Å². The van der Waals surface area contributed by atoms with E-state index in [1.54, 1.807) is 36.4 Å². The van der Waals surface area contributed by atoms with Crippen LogP contribution in [0.1, 0.15) is 34.6 Å². The van der Waals surface area contributed by atoms with Gasteiger partial charge in [-0.3, -0.25) is 24.6 Å². The standard InChI is InChI=1S/C26H17N3O6S/c1-2-34-16-11-12-18-20(13-16)36-26(27-18)28-22(14-7-9-15(10-8-14)29(32)33)21-23(30)17-5-3-4-6-19(17)35-24(21)25(28)31/h3-13,22H,2H2,1H3. The molecule has 36 heavy (non-hydrogen) atoms. The van der Waals surface area contributed by atoms with Gasteiger partial charge >= 0.3 is 0 Å². The summed E-state index contributed by atoms with van der Waals surface area (Å²) in [4.78, 5) is 44.1. The van der Waals surface area contributed by atoms with Gasteiger partial charge < -0.3 is 9.15 Å². The van der Waals surface area contributed by atoms with E-state index in [4.69, 9.17) is 9.15 Å². The normalized spacial score (nSPS) is 15.0. The predicted octanol–water partition coefficient (Wildman–Crippen LogP) is 5.46. The largest absolute Gasteiger partial charge is 0.494 e. The summed E-state index contributed by atoms with van der Waals surface area (Å²) in [6.45, 7) is 2.41. The molecule has 1 atom stereocenters. The van der Waals surface area contributed by atoms with Crippen LogP contribution in [-0.2, 0) is 0 Å². The van der Waals surface area contributed by atoms with Gasteiger partial charge in [-0.05, 0) is 55.0 Å². The highest BCUT2D eigenvalue weighted by molar-refractivity contribution is 7.22. The van der Waals surface area contributed by atoms with Gasteiger partial charge in [0, 0.05) is 12.1 Å². The third kappa shape index (κ3) is 3.34. The van der Waals surface area contributed by atoms with Gasteiger partial charge in [-0.25, -0.2) is 4.98 Å². The van der Waals surface area contributed by atoms with Gasteiger partial charge in [0.15, 0.2) is 10.6 Å². The van der Waals surface area contributed by atoms with E-state index in [1.165, 1.54) is 28.4 Å². The smallest absolute Gasteiger partial charge is 0.297 e. The number of non-ortho nitro benzene ring substituents is 1. The summed E-state index contributed by atoms with van der Waals surface area (Å²) in [5.74, 6) is 0.128. The highest BCUT2D eigenvalue weighted by Crippen LogP contribution is 2.44. The minimum atomic E-state index is -0.860. The van der Waals surface area contributed by atoms with Crippen LogP contribution in [0, 0.1) is 10.1 Å². The Hall–Kier alpha value is -4.57. The summed E-state index contributed by atoms with van der Waals surface area (Å²) >= 11 is 1.29. The number of thiazole rings is 1. The van der Waals surface area contributed by atoms with Crippen LogP contribution in [0.4, 0.5) is 10.8 Å². The van der Waals surface area contributed by atoms with Crippen LogP contribution in [0.2, 0.25) is 0 Å². The zero-order chi connectivity index (χ0) is 25.0. The van der Waals surface area contributed by atoms with Gasteiger partial charge in [-0.2, -0.15) is 0 Å². The molecular weight excluding hydrogens is 482 g/mol. The zero-order valence-electron chi connectivity index (χ0n) is 18.8. The van der Waals surface area contributed by atoms with Crippen molar-refractivity contribution in [1.82, 2.24) is 4.98 Å². The summed E-state index contributed by atoms with van der Waals surface area (Å²) in [7, 11) is 0. The predicted molar refractivity (Wildman–Crippen MR) is 135 cm³/mol. The lowest BCUT2D eigenvalue weighted by Gasteiger charge is -2.22. The van der Waals surface area contributed by atoms with Crippen LogP contribution in [0.3, 0.4) is 0 Å². The number of ether oxygens (including phenoxy) is 1. The Balaban J connectivity index is 1.57. The molecule has 0 saturated carbocycles. The number of hydrogen-bond acceptors (Lipinski definition) is 8. The van der Waals surface area contributed by atoms with Gasteiger partial charge in [-0.15, -0.1) is 0 Å². The minimum Gasteiger partial charge on any atom is -0.494 e. The number of benzene rings is 3. The van der Waals surface area contributed by atoms with Crippen LogP contribution in [0.15, 0.2) is 75.9 Å². The van der Waals surface area contributed by atoms with Crippen molar-refractivity contribution in [3.63, 3.8) is 0 Å². The summed E-state index contributed by atoms with van der Waals surface area (Å²) in [6.07, 6.45) is 0. The molecule has 0 spiro atoms. The first-order valence-corrected chi connectivity index (χ1v) is 11.9. The summed E-state index contributed by atoms with van der Waals surface area (Å²) in [6, 6.07) is 17.2. The van der Waals surface area contributed by atoms with Gasteiger partial charge in [0.25, 0.3) is 11.6 Å². The molecular formula is C26H17N3O6S. The number of anilines is 1. The van der Waals surface area contributed by atoms with Gasteiger partial charge in [-0.1, -0.05) is 23.5 Å². The Bertz CT molecular complexity index is 1740. The monoisotopic (exact) mass is 499 g/mol. The minimum absolute atomic E-state index is 0.0590. The van der Waals surface area contributed by atoms with E-state index in [0.29, 0.717) is 39.5 Å². The molecule has 0 radical (unpaired) electrons. The molecule has 5 aromatic rings. The number of rotatable bonds is 5. The molecule has 1 aliphatic heterocycles. The zero-order valence-corrected chi connectivity index (χ0v) is 19.7. The Morgan fingerprint density at radius 1 is 1.11 bits per heavy atom. The highest BCUT2D eigenvalue weighted by atomic mass is 32.1. The molecule has 0 bridgehead atoms. The van der Waals surface area contributed by atoms with Gasteiger partial charge in [0.1, 0.15) is 11.3 Å². The van der Waals surface area contributed by atoms with E-state index in [2.05, 4.69) is 4.98 Å². The average Bonchev–Trinajstić information content (AvgIpc) is 3.43. The molecule has 0 fully saturated rings. The number of aromatic nitrogens is 1. The number of para-hydroxylation sites is 1. The van der Waals surface area contributed by atoms with E-state index in [9.17, 15) is 19.7 Å². The lowest BCUT2D eigenvalue weighted by atomic mass is 9.98. The second kappa shape index (κ2) is 8.28. The van der Waals surface area contributed by atoms with Crippen molar-refractivity contribution < 1.29 is 18.9 Å². The summed E-state index contributed by atoms with van der Waals surface area (Å²) in [5.41, 5.74) is 1.28. The fourth-order valence-electron chi connectivity index (χ4n) is 4.46. The van der Waals surface area contributed by atoms with Crippen molar-refractivity contribution in [3.8, 4) is 5.75 Å². The number of carbonyl (C=O) groups excluding carboxylic acids is 1. The molecule has 3 heterocycles. The number of amides is 1. The number of fused-ring (bicyclic) bond motifs is 3. The Kier molecular flexibility index (Phi) is 5.04. The Labute approximate surface area is 207 Å². The number of nitrogens with zero attached hydrogens (tertiary/aromatic N) is 3. The number of nitro groups is 1. The highest BCUT2D eigenvalue weighted by Gasteiger charge is 2.45. The first kappa shape index (κ1) is 21.9. The summed E-state index contributed by atoms with van der Waals surface area (Å²) in [5, 5.41) is 11.9. The molecule has 10 heteroatoms. The van der Waals surface area contributed by atoms with Crippen molar-refractivity contribution in [2.75, 3.05) is 11.5 Å². The van der Waals surface area contributed by atoms with E-state index in [1.807, 2.05) is 25.1 Å². The Morgan fingerprint density at radius 2 is 1.89 bits per heavy atom. The molecule has 1 unspecified atom stereocenters. The van der Waals surface area contributed by atoms with Crippen LogP contribution in [-0.4, -0.2) is 22.4 Å². The van der Waals surface area contributed by atoms with Crippen LogP contribution in [0.5, 0.6) is 5.75 Å². The number of carbonyl (C=O) groups is 1. The molecule has 1 amide bonds. The lowest BCUT2D eigenvalue weighted by Crippen LogP contribution is -2.29. The summed E-state index contributed by atoms with van der Waals surface area (Å²) < 4.78 is 12.3. The van der Waals surface area contributed by atoms with Gasteiger partial charge in [0.2, 0.25) is 5.76 Å². The maximum Gasteiger partial charge on any atom is 0.297 e. The van der Waals surface area contributed by atoms with Crippen molar-refractivity contribution in [2.45, 2.75) is 13.0 Å². The third-order valence-electron chi connectivity index (χ3n) is 6.06. The van der Waals surface area contributed by atoms with E-state index in [0.717, 1.165) is 4.70 Å². The van der Waals surface area contributed by atoms with Crippen molar-refractivity contribution >= 4 is 49.2 Å². The maximum atomic E-state index is 13.7. The SMILES string of the molecule is CCOc1ccc2nc(N3C(=O)c4oc5ccccc5c(=O)c4C3c3ccc([N+](=O)[O-])cc3)sc2c1. The Morgan fingerprint density at radius 3 is 2.64 bits per heavy atom. The molecule has 0 N–H and O–H groups in total. The first-order valence-electron chi connectivity index (χ1n) is 11.1. The topological polar surface area (TPSA) is 116 Å². The number of hydrogen-bond donors (Lipinski definition) is 0. The maximum absolute atomic E-state index is 13.7. The molecule has 9 nitrogen and oxygen atoms in total. The van der Waals surface area contributed by atoms with Crippen LogP contribution >= 0.6 is 11.3 Å². The molecule has 178 valence electrons. The number of nitro benzene ring substituents is 1. The second-order valence-electron chi connectivity index (χ2n) is 8.16. The molecule has 2 aromatic heterocycles. The molecule has 3 aromatic carbocycles. The fourth-order valence-corrected chi connectivity index (χ4v) is 5.48. The molecule has 6 rings (SSSR count). The van der Waals surface area contributed by atoms with Crippen LogP contribution < -0.4 is 15.1 Å². The lowest BCUT2D eigenvalue weighted by molar-refractivity contribution is -0.384. The quantitative estimate of drug-likeness (QED) is 0.233. The molecule has 1 aliphatic rings. The molecule has 0 aliphatic carbocycles. The van der Waals surface area contributed by atoms with E-state index in [-0.39, 0.29) is 22.4 Å². The molecule has 0 saturated heterocycles. The van der Waals surface area contributed by atoms with Crippen molar-refractivity contribution in [2.24, 2.45) is 0 Å². The van der Waals surface area contributed by atoms with Crippen LogP contribution in [0.25, 0.3) is 21.2 Å². The first-order chi connectivity index (χ1) is 17.5. The second-order valence-corrected chi connectivity index (χ2v) is 9.16. The van der Waals surface area contributed by atoms with Crippen molar-refractivity contribution in [3.05, 3.63) is 104 Å². The van der Waals surface area contributed by atoms with Crippen molar-refractivity contribution in [1.29, 1.82) is 0 Å². The third-order valence-corrected chi connectivity index (χ3v) is 7.08. The van der Waals surface area contributed by atoms with Gasteiger partial charge in [0.05, 0.1) is 38.7 Å². The average molecular weight is 500 g/mol. The fraction of sp³-hybridized carbons (Fsp3) is 0.115.